The van der Waals surface area contributed by atoms with Crippen LogP contribution in [0.4, 0.5) is 4.39 Å². The summed E-state index contributed by atoms with van der Waals surface area (Å²) in [6.07, 6.45) is 4.53. The molecule has 0 radical (unpaired) electrons. The fourth-order valence-corrected chi connectivity index (χ4v) is 3.54. The molecule has 1 aliphatic heterocycles. The quantitative estimate of drug-likeness (QED) is 0.813. The first-order valence-corrected chi connectivity index (χ1v) is 8.25. The van der Waals surface area contributed by atoms with Gasteiger partial charge in [-0.15, -0.1) is 0 Å². The minimum absolute atomic E-state index is 0.137. The van der Waals surface area contributed by atoms with E-state index in [9.17, 15) is 9.18 Å². The number of carbonyl (C=O) groups excluding carboxylic acids is 1. The van der Waals surface area contributed by atoms with Crippen LogP contribution in [0.3, 0.4) is 0 Å². The van der Waals surface area contributed by atoms with Crippen LogP contribution in [0.1, 0.15) is 17.9 Å². The summed E-state index contributed by atoms with van der Waals surface area (Å²) >= 11 is 1.46. The van der Waals surface area contributed by atoms with Gasteiger partial charge in [-0.25, -0.2) is 9.37 Å². The highest BCUT2D eigenvalue weighted by molar-refractivity contribution is 7.99. The summed E-state index contributed by atoms with van der Waals surface area (Å²) in [7, 11) is 1.92. The molecular formula is C16H18FN3OS. The van der Waals surface area contributed by atoms with Crippen LogP contribution in [0.2, 0.25) is 0 Å². The summed E-state index contributed by atoms with van der Waals surface area (Å²) in [6, 6.07) is 6.60. The predicted molar refractivity (Wildman–Crippen MR) is 84.3 cm³/mol. The van der Waals surface area contributed by atoms with Gasteiger partial charge in [0, 0.05) is 38.4 Å². The van der Waals surface area contributed by atoms with E-state index in [-0.39, 0.29) is 11.7 Å². The molecule has 1 atom stereocenters. The van der Waals surface area contributed by atoms with Crippen molar-refractivity contribution in [1.82, 2.24) is 14.5 Å². The first kappa shape index (κ1) is 15.1. The molecule has 1 aromatic heterocycles. The average Bonchev–Trinajstić information content (AvgIpc) is 3.15. The summed E-state index contributed by atoms with van der Waals surface area (Å²) in [5.74, 6) is 0.627. The van der Waals surface area contributed by atoms with E-state index in [2.05, 4.69) is 4.98 Å². The van der Waals surface area contributed by atoms with Gasteiger partial charge in [-0.3, -0.25) is 4.79 Å². The number of amides is 1. The third-order valence-corrected chi connectivity index (χ3v) is 5.03. The molecule has 6 heteroatoms. The molecule has 1 fully saturated rings. The Morgan fingerprint density at radius 1 is 1.41 bits per heavy atom. The molecule has 0 aliphatic carbocycles. The van der Waals surface area contributed by atoms with Gasteiger partial charge in [0.1, 0.15) is 5.82 Å². The number of aromatic nitrogens is 2. The van der Waals surface area contributed by atoms with Crippen LogP contribution in [0.15, 0.2) is 41.8 Å². The molecule has 0 bridgehead atoms. The van der Waals surface area contributed by atoms with E-state index in [0.29, 0.717) is 18.2 Å². The van der Waals surface area contributed by atoms with Crippen molar-refractivity contribution in [3.63, 3.8) is 0 Å². The number of hydrogen-bond acceptors (Lipinski definition) is 3. The highest BCUT2D eigenvalue weighted by Crippen LogP contribution is 2.28. The van der Waals surface area contributed by atoms with Gasteiger partial charge in [-0.1, -0.05) is 23.9 Å². The number of thioether (sulfide) groups is 1. The zero-order valence-corrected chi connectivity index (χ0v) is 13.2. The summed E-state index contributed by atoms with van der Waals surface area (Å²) in [4.78, 5) is 18.4. The topological polar surface area (TPSA) is 38.1 Å². The monoisotopic (exact) mass is 319 g/mol. The van der Waals surface area contributed by atoms with Crippen LogP contribution < -0.4 is 0 Å². The van der Waals surface area contributed by atoms with Crippen molar-refractivity contribution in [3.05, 3.63) is 48.0 Å². The van der Waals surface area contributed by atoms with Gasteiger partial charge < -0.3 is 9.47 Å². The van der Waals surface area contributed by atoms with Crippen molar-refractivity contribution >= 4 is 17.7 Å². The second kappa shape index (κ2) is 6.52. The molecule has 22 heavy (non-hydrogen) atoms. The lowest BCUT2D eigenvalue weighted by Gasteiger charge is -2.16. The number of benzene rings is 1. The normalized spacial score (nSPS) is 17.9. The van der Waals surface area contributed by atoms with Crippen LogP contribution >= 0.6 is 11.8 Å². The smallest absolute Gasteiger partial charge is 0.233 e. The number of halogens is 1. The SMILES string of the molecule is Cn1ccnc1SCC(=O)N1CC[C@@H](c2ccc(F)cc2)C1. The second-order valence-corrected chi connectivity index (χ2v) is 6.43. The Morgan fingerprint density at radius 2 is 2.18 bits per heavy atom. The molecule has 0 saturated carbocycles. The minimum atomic E-state index is -0.221. The Bertz CT molecular complexity index is 656. The van der Waals surface area contributed by atoms with Crippen molar-refractivity contribution in [2.45, 2.75) is 17.5 Å². The number of rotatable bonds is 4. The first-order valence-electron chi connectivity index (χ1n) is 7.27. The third-order valence-electron chi connectivity index (χ3n) is 3.98. The summed E-state index contributed by atoms with van der Waals surface area (Å²) in [5, 5.41) is 0.850. The molecule has 3 rings (SSSR count). The third kappa shape index (κ3) is 3.32. The number of carbonyl (C=O) groups is 1. The molecule has 2 aromatic rings. The van der Waals surface area contributed by atoms with E-state index in [1.54, 1.807) is 6.20 Å². The van der Waals surface area contributed by atoms with Gasteiger partial charge >= 0.3 is 0 Å². The maximum Gasteiger partial charge on any atom is 0.233 e. The Hall–Kier alpha value is -1.82. The van der Waals surface area contributed by atoms with E-state index >= 15 is 0 Å². The van der Waals surface area contributed by atoms with E-state index in [1.807, 2.05) is 34.8 Å². The molecule has 116 valence electrons. The molecule has 1 aliphatic rings. The molecule has 2 heterocycles. The van der Waals surface area contributed by atoms with E-state index in [4.69, 9.17) is 0 Å². The van der Waals surface area contributed by atoms with Crippen LogP contribution in [-0.2, 0) is 11.8 Å². The Morgan fingerprint density at radius 3 is 2.86 bits per heavy atom. The standard InChI is InChI=1S/C16H18FN3OS/c1-19-9-7-18-16(19)22-11-15(21)20-8-6-13(10-20)12-2-4-14(17)5-3-12/h2-5,7,9,13H,6,8,10-11H2,1H3/t13-/m1/s1. The Kier molecular flexibility index (Phi) is 4.47. The van der Waals surface area contributed by atoms with Gasteiger partial charge in [0.05, 0.1) is 5.75 Å². The molecule has 1 saturated heterocycles. The fraction of sp³-hybridized carbons (Fsp3) is 0.375. The highest BCUT2D eigenvalue weighted by Gasteiger charge is 2.27. The number of likely N-dealkylation sites (tertiary alicyclic amines) is 1. The number of hydrogen-bond donors (Lipinski definition) is 0. The summed E-state index contributed by atoms with van der Waals surface area (Å²) in [6.45, 7) is 1.48. The van der Waals surface area contributed by atoms with Crippen LogP contribution in [-0.4, -0.2) is 39.2 Å². The highest BCUT2D eigenvalue weighted by atomic mass is 32.2. The van der Waals surface area contributed by atoms with Gasteiger partial charge in [0.2, 0.25) is 5.91 Å². The number of aryl methyl sites for hydroxylation is 1. The molecule has 0 spiro atoms. The maximum atomic E-state index is 13.0. The van der Waals surface area contributed by atoms with Gasteiger partial charge in [-0.05, 0) is 24.1 Å². The molecule has 1 aromatic carbocycles. The van der Waals surface area contributed by atoms with E-state index in [1.165, 1.54) is 23.9 Å². The molecule has 0 unspecified atom stereocenters. The van der Waals surface area contributed by atoms with E-state index in [0.717, 1.165) is 23.7 Å². The van der Waals surface area contributed by atoms with Crippen LogP contribution in [0, 0.1) is 5.82 Å². The Balaban J connectivity index is 1.54. The van der Waals surface area contributed by atoms with Crippen LogP contribution in [0.25, 0.3) is 0 Å². The molecule has 4 nitrogen and oxygen atoms in total. The lowest BCUT2D eigenvalue weighted by atomic mass is 9.99. The predicted octanol–water partition coefficient (Wildman–Crippen LogP) is 2.67. The Labute approximate surface area is 133 Å². The largest absolute Gasteiger partial charge is 0.341 e. The van der Waals surface area contributed by atoms with Crippen molar-refractivity contribution in [2.24, 2.45) is 7.05 Å². The first-order chi connectivity index (χ1) is 10.6. The zero-order chi connectivity index (χ0) is 15.5. The number of nitrogens with zero attached hydrogens (tertiary/aromatic N) is 3. The van der Waals surface area contributed by atoms with Crippen LogP contribution in [0.5, 0.6) is 0 Å². The van der Waals surface area contributed by atoms with Gasteiger partial charge in [0.15, 0.2) is 5.16 Å². The maximum absolute atomic E-state index is 13.0. The average molecular weight is 319 g/mol. The van der Waals surface area contributed by atoms with E-state index < -0.39 is 0 Å². The van der Waals surface area contributed by atoms with Crippen molar-refractivity contribution in [2.75, 3.05) is 18.8 Å². The van der Waals surface area contributed by atoms with Gasteiger partial charge in [0.25, 0.3) is 0 Å². The summed E-state index contributed by atoms with van der Waals surface area (Å²) < 4.78 is 14.9. The lowest BCUT2D eigenvalue weighted by Crippen LogP contribution is -2.30. The van der Waals surface area contributed by atoms with Crippen molar-refractivity contribution in [3.8, 4) is 0 Å². The summed E-state index contributed by atoms with van der Waals surface area (Å²) in [5.41, 5.74) is 1.11. The number of imidazole rings is 1. The minimum Gasteiger partial charge on any atom is -0.341 e. The second-order valence-electron chi connectivity index (χ2n) is 5.49. The molecule has 1 amide bonds. The molecule has 0 N–H and O–H groups in total. The van der Waals surface area contributed by atoms with Gasteiger partial charge in [-0.2, -0.15) is 0 Å². The van der Waals surface area contributed by atoms with Crippen molar-refractivity contribution < 1.29 is 9.18 Å². The zero-order valence-electron chi connectivity index (χ0n) is 12.4. The van der Waals surface area contributed by atoms with Crippen molar-refractivity contribution in [1.29, 1.82) is 0 Å². The lowest BCUT2D eigenvalue weighted by molar-refractivity contribution is -0.127. The fourth-order valence-electron chi connectivity index (χ4n) is 2.70. The molecular weight excluding hydrogens is 301 g/mol.